The molecule has 0 radical (unpaired) electrons. The molecule has 2 fully saturated rings. The molecule has 1 aliphatic heterocycles. The highest BCUT2D eigenvalue weighted by molar-refractivity contribution is 5.42. The van der Waals surface area contributed by atoms with E-state index in [1.54, 1.807) is 12.1 Å². The van der Waals surface area contributed by atoms with Gasteiger partial charge in [-0.05, 0) is 42.7 Å². The summed E-state index contributed by atoms with van der Waals surface area (Å²) >= 11 is 0. The van der Waals surface area contributed by atoms with E-state index in [1.807, 2.05) is 6.07 Å². The summed E-state index contributed by atoms with van der Waals surface area (Å²) in [5.41, 5.74) is 1.16. The summed E-state index contributed by atoms with van der Waals surface area (Å²) in [5.74, 6) is 1.20. The van der Waals surface area contributed by atoms with Gasteiger partial charge in [-0.1, -0.05) is 33.3 Å². The van der Waals surface area contributed by atoms with Crippen LogP contribution in [0.15, 0.2) is 18.2 Å². The number of rotatable bonds is 6. The van der Waals surface area contributed by atoms with Gasteiger partial charge in [0.05, 0.1) is 26.4 Å². The molecule has 1 aliphatic carbocycles. The fourth-order valence-corrected chi connectivity index (χ4v) is 3.93. The average Bonchev–Trinajstić information content (AvgIpc) is 3.09. The monoisotopic (exact) mass is 364 g/mol. The van der Waals surface area contributed by atoms with Crippen LogP contribution in [0.2, 0.25) is 0 Å². The minimum Gasteiger partial charge on any atom is -0.504 e. The van der Waals surface area contributed by atoms with Crippen molar-refractivity contribution in [2.24, 2.45) is 11.3 Å². The second-order valence-electron chi connectivity index (χ2n) is 8.22. The van der Waals surface area contributed by atoms with Crippen LogP contribution < -0.4 is 4.74 Å². The Labute approximate surface area is 156 Å². The zero-order valence-electron chi connectivity index (χ0n) is 16.4. The molecule has 1 aromatic rings. The van der Waals surface area contributed by atoms with Crippen LogP contribution in [0.5, 0.6) is 11.5 Å². The predicted octanol–water partition coefficient (Wildman–Crippen LogP) is 4.44. The highest BCUT2D eigenvalue weighted by Gasteiger charge is 2.36. The number of ether oxygens (including phenoxy) is 4. The Kier molecular flexibility index (Phi) is 6.10. The topological polar surface area (TPSA) is 57.2 Å². The summed E-state index contributed by atoms with van der Waals surface area (Å²) in [5, 5.41) is 9.92. The van der Waals surface area contributed by atoms with E-state index in [9.17, 15) is 5.11 Å². The zero-order valence-corrected chi connectivity index (χ0v) is 16.4. The molecule has 4 atom stereocenters. The highest BCUT2D eigenvalue weighted by atomic mass is 16.7. The van der Waals surface area contributed by atoms with Crippen molar-refractivity contribution in [1.29, 1.82) is 0 Å². The molecule has 3 rings (SSSR count). The maximum atomic E-state index is 9.92. The van der Waals surface area contributed by atoms with Crippen LogP contribution in [0.4, 0.5) is 0 Å². The smallest absolute Gasteiger partial charge is 0.184 e. The van der Waals surface area contributed by atoms with E-state index < -0.39 is 6.29 Å². The Morgan fingerprint density at radius 2 is 2.15 bits per heavy atom. The van der Waals surface area contributed by atoms with Crippen molar-refractivity contribution in [3.05, 3.63) is 23.8 Å². The molecule has 1 N–H and O–H groups in total. The first kappa shape index (κ1) is 19.5. The van der Waals surface area contributed by atoms with E-state index in [0.29, 0.717) is 36.4 Å². The van der Waals surface area contributed by atoms with Crippen molar-refractivity contribution in [2.75, 3.05) is 20.3 Å². The second kappa shape index (κ2) is 8.15. The Balaban J connectivity index is 1.50. The maximum Gasteiger partial charge on any atom is 0.184 e. The summed E-state index contributed by atoms with van der Waals surface area (Å²) in [7, 11) is 1.53. The molecular formula is C21H32O5. The molecule has 4 unspecified atom stereocenters. The number of hydrogen-bond donors (Lipinski definition) is 1. The number of phenolic OH excluding ortho intramolecular Hbond substituents is 1. The first-order valence-corrected chi connectivity index (χ1v) is 9.67. The van der Waals surface area contributed by atoms with Gasteiger partial charge >= 0.3 is 0 Å². The van der Waals surface area contributed by atoms with Gasteiger partial charge in [0.25, 0.3) is 0 Å². The first-order valence-electron chi connectivity index (χ1n) is 9.67. The van der Waals surface area contributed by atoms with Gasteiger partial charge in [-0.25, -0.2) is 0 Å². The van der Waals surface area contributed by atoms with E-state index >= 15 is 0 Å². The molecule has 0 bridgehead atoms. The summed E-state index contributed by atoms with van der Waals surface area (Å²) in [6, 6.07) is 5.19. The molecule has 2 aliphatic rings. The predicted molar refractivity (Wildman–Crippen MR) is 99.4 cm³/mol. The standard InChI is InChI=1S/C21H32O5/c1-14(2)21(3)9-5-6-16(11-21)24-12-17-13-25-20(26-17)15-7-8-19(23-4)18(22)10-15/h7-8,10,14,16-17,20,22H,5-6,9,11-13H2,1-4H3. The van der Waals surface area contributed by atoms with Crippen molar-refractivity contribution in [3.63, 3.8) is 0 Å². The zero-order chi connectivity index (χ0) is 18.7. The lowest BCUT2D eigenvalue weighted by Crippen LogP contribution is -2.35. The first-order chi connectivity index (χ1) is 12.4. The third-order valence-corrected chi connectivity index (χ3v) is 6.10. The largest absolute Gasteiger partial charge is 0.504 e. The SMILES string of the molecule is COc1ccc(C2OCC(COC3CCCC(C)(C(C)C)C3)O2)cc1O. The summed E-state index contributed by atoms with van der Waals surface area (Å²) in [6.07, 6.45) is 4.54. The van der Waals surface area contributed by atoms with Crippen LogP contribution >= 0.6 is 0 Å². The van der Waals surface area contributed by atoms with Gasteiger partial charge in [0, 0.05) is 5.56 Å². The van der Waals surface area contributed by atoms with Crippen molar-refractivity contribution in [3.8, 4) is 11.5 Å². The highest BCUT2D eigenvalue weighted by Crippen LogP contribution is 2.43. The van der Waals surface area contributed by atoms with Gasteiger partial charge < -0.3 is 24.1 Å². The fourth-order valence-electron chi connectivity index (χ4n) is 3.93. The lowest BCUT2D eigenvalue weighted by atomic mass is 9.67. The third kappa shape index (κ3) is 4.33. The normalized spacial score (nSPS) is 32.1. The number of methoxy groups -OCH3 is 1. The van der Waals surface area contributed by atoms with Crippen LogP contribution in [0, 0.1) is 11.3 Å². The third-order valence-electron chi connectivity index (χ3n) is 6.10. The van der Waals surface area contributed by atoms with E-state index in [0.717, 1.165) is 18.4 Å². The average molecular weight is 364 g/mol. The Hall–Kier alpha value is -1.30. The molecule has 1 aromatic carbocycles. The number of hydrogen-bond acceptors (Lipinski definition) is 5. The summed E-state index contributed by atoms with van der Waals surface area (Å²) in [6.45, 7) is 8.06. The Morgan fingerprint density at radius 1 is 1.35 bits per heavy atom. The van der Waals surface area contributed by atoms with Crippen molar-refractivity contribution < 1.29 is 24.1 Å². The van der Waals surface area contributed by atoms with E-state index in [4.69, 9.17) is 18.9 Å². The number of aromatic hydroxyl groups is 1. The van der Waals surface area contributed by atoms with Crippen molar-refractivity contribution >= 4 is 0 Å². The molecule has 0 amide bonds. The molecule has 1 saturated heterocycles. The fraction of sp³-hybridized carbons (Fsp3) is 0.714. The molecule has 0 aromatic heterocycles. The molecule has 5 nitrogen and oxygen atoms in total. The maximum absolute atomic E-state index is 9.92. The summed E-state index contributed by atoms with van der Waals surface area (Å²) in [4.78, 5) is 0. The van der Waals surface area contributed by atoms with Crippen LogP contribution in [-0.4, -0.2) is 37.6 Å². The minimum atomic E-state index is -0.465. The van der Waals surface area contributed by atoms with Crippen molar-refractivity contribution in [1.82, 2.24) is 0 Å². The van der Waals surface area contributed by atoms with E-state index in [-0.39, 0.29) is 11.9 Å². The Bertz CT molecular complexity index is 602. The van der Waals surface area contributed by atoms with Crippen LogP contribution in [0.1, 0.15) is 58.3 Å². The van der Waals surface area contributed by atoms with Crippen LogP contribution in [0.3, 0.4) is 0 Å². The lowest BCUT2D eigenvalue weighted by Gasteiger charge is -2.41. The van der Waals surface area contributed by atoms with Gasteiger partial charge in [0.15, 0.2) is 17.8 Å². The second-order valence-corrected chi connectivity index (χ2v) is 8.22. The van der Waals surface area contributed by atoms with Gasteiger partial charge in [-0.15, -0.1) is 0 Å². The van der Waals surface area contributed by atoms with Gasteiger partial charge in [-0.3, -0.25) is 0 Å². The quantitative estimate of drug-likeness (QED) is 0.809. The molecule has 5 heteroatoms. The summed E-state index contributed by atoms with van der Waals surface area (Å²) < 4.78 is 23.0. The van der Waals surface area contributed by atoms with Gasteiger partial charge in [0.2, 0.25) is 0 Å². The van der Waals surface area contributed by atoms with Gasteiger partial charge in [0.1, 0.15) is 6.10 Å². The van der Waals surface area contributed by atoms with Crippen molar-refractivity contribution in [2.45, 2.75) is 65.0 Å². The number of phenols is 1. The van der Waals surface area contributed by atoms with Crippen LogP contribution in [-0.2, 0) is 14.2 Å². The number of benzene rings is 1. The molecule has 1 heterocycles. The van der Waals surface area contributed by atoms with Gasteiger partial charge in [-0.2, -0.15) is 0 Å². The lowest BCUT2D eigenvalue weighted by molar-refractivity contribution is -0.0930. The van der Waals surface area contributed by atoms with Crippen LogP contribution in [0.25, 0.3) is 0 Å². The molecule has 26 heavy (non-hydrogen) atoms. The Morgan fingerprint density at radius 3 is 2.85 bits per heavy atom. The van der Waals surface area contributed by atoms with E-state index in [1.165, 1.54) is 20.0 Å². The molecule has 146 valence electrons. The minimum absolute atomic E-state index is 0.0727. The molecule has 1 saturated carbocycles. The molecular weight excluding hydrogens is 332 g/mol. The molecule has 0 spiro atoms. The van der Waals surface area contributed by atoms with E-state index in [2.05, 4.69) is 20.8 Å².